The van der Waals surface area contributed by atoms with Crippen molar-refractivity contribution in [2.75, 3.05) is 5.32 Å². The van der Waals surface area contributed by atoms with E-state index in [0.29, 0.717) is 11.4 Å². The maximum atomic E-state index is 12.2. The van der Waals surface area contributed by atoms with E-state index in [-0.39, 0.29) is 11.3 Å². The summed E-state index contributed by atoms with van der Waals surface area (Å²) in [6.07, 6.45) is 8.47. The van der Waals surface area contributed by atoms with E-state index < -0.39 is 0 Å². The molecule has 0 bridgehead atoms. The summed E-state index contributed by atoms with van der Waals surface area (Å²) in [6, 6.07) is 2.77. The molecule has 0 aromatic carbocycles. The smallest absolute Gasteiger partial charge is 0.257 e. The van der Waals surface area contributed by atoms with Crippen LogP contribution in [-0.4, -0.2) is 10.9 Å². The van der Waals surface area contributed by atoms with Gasteiger partial charge in [0.15, 0.2) is 5.43 Å². The molecule has 3 aliphatic carbocycles. The number of allylic oxidation sites excluding steroid dienone is 6. The molecule has 1 fully saturated rings. The molecular weight excluding hydrogens is 240 g/mol. The van der Waals surface area contributed by atoms with Crippen LogP contribution in [-0.2, 0) is 4.79 Å². The molecule has 92 valence electrons. The molecule has 3 aliphatic rings. The molecule has 1 amide bonds. The standard InChI is InChI=1S/C15H10N2O2/c18-9-3-4-16-14(7-9)17-15(19)11-2-1-10-12-5-8(12)6-13(10)11/h1-4,6-7H,5H2,(H2,16,17,18,19). The molecule has 0 atom stereocenters. The van der Waals surface area contributed by atoms with Crippen LogP contribution >= 0.6 is 0 Å². The second-order valence-electron chi connectivity index (χ2n) is 4.79. The van der Waals surface area contributed by atoms with E-state index in [2.05, 4.69) is 16.4 Å². The van der Waals surface area contributed by atoms with E-state index in [4.69, 9.17) is 0 Å². The van der Waals surface area contributed by atoms with Gasteiger partial charge in [-0.2, -0.15) is 0 Å². The van der Waals surface area contributed by atoms with Crippen molar-refractivity contribution >= 4 is 11.7 Å². The molecule has 4 rings (SSSR count). The number of hydrogen-bond acceptors (Lipinski definition) is 2. The Balaban J connectivity index is 1.65. The predicted molar refractivity (Wildman–Crippen MR) is 71.6 cm³/mol. The number of nitrogens with one attached hydrogen (secondary N) is 2. The summed E-state index contributed by atoms with van der Waals surface area (Å²) < 4.78 is 0. The summed E-state index contributed by atoms with van der Waals surface area (Å²) in [7, 11) is 0. The quantitative estimate of drug-likeness (QED) is 0.841. The third-order valence-electron chi connectivity index (χ3n) is 3.54. The lowest BCUT2D eigenvalue weighted by Gasteiger charge is -2.05. The number of H-pyrrole nitrogens is 1. The fourth-order valence-electron chi connectivity index (χ4n) is 2.54. The lowest BCUT2D eigenvalue weighted by Crippen LogP contribution is -2.16. The molecular formula is C15H10N2O2. The highest BCUT2D eigenvalue weighted by atomic mass is 16.1. The molecule has 0 aliphatic heterocycles. The van der Waals surface area contributed by atoms with Crippen molar-refractivity contribution in [1.82, 2.24) is 4.98 Å². The highest BCUT2D eigenvalue weighted by Gasteiger charge is 2.35. The van der Waals surface area contributed by atoms with Gasteiger partial charge in [-0.15, -0.1) is 0 Å². The third kappa shape index (κ3) is 1.53. The molecule has 19 heavy (non-hydrogen) atoms. The SMILES string of the molecule is O=C(Nc1cc(=O)cc[nH]1)C1=C2C=C3CC3=C2C=C1. The molecule has 0 unspecified atom stereocenters. The fourth-order valence-corrected chi connectivity index (χ4v) is 2.54. The highest BCUT2D eigenvalue weighted by molar-refractivity contribution is 6.08. The Morgan fingerprint density at radius 2 is 2.16 bits per heavy atom. The van der Waals surface area contributed by atoms with Crippen LogP contribution in [0.4, 0.5) is 5.82 Å². The van der Waals surface area contributed by atoms with Gasteiger partial charge in [0, 0.05) is 23.9 Å². The van der Waals surface area contributed by atoms with E-state index in [1.807, 2.05) is 12.2 Å². The van der Waals surface area contributed by atoms with Crippen molar-refractivity contribution in [3.63, 3.8) is 0 Å². The van der Waals surface area contributed by atoms with Crippen LogP contribution in [0.3, 0.4) is 0 Å². The molecule has 4 heteroatoms. The number of carbonyl (C=O) groups excluding carboxylic acids is 1. The molecule has 1 heterocycles. The average molecular weight is 250 g/mol. The van der Waals surface area contributed by atoms with Crippen LogP contribution in [0.25, 0.3) is 0 Å². The fraction of sp³-hybridized carbons (Fsp3) is 0.0667. The van der Waals surface area contributed by atoms with Gasteiger partial charge in [-0.1, -0.05) is 6.08 Å². The van der Waals surface area contributed by atoms with Crippen LogP contribution < -0.4 is 10.7 Å². The topological polar surface area (TPSA) is 62.0 Å². The van der Waals surface area contributed by atoms with Crippen molar-refractivity contribution in [2.45, 2.75) is 6.42 Å². The van der Waals surface area contributed by atoms with Crippen LogP contribution in [0.15, 0.2) is 69.2 Å². The van der Waals surface area contributed by atoms with Gasteiger partial charge in [0.05, 0.1) is 0 Å². The number of hydrogen-bond donors (Lipinski definition) is 2. The summed E-state index contributed by atoms with van der Waals surface area (Å²) in [5.74, 6) is 0.220. The monoisotopic (exact) mass is 250 g/mol. The zero-order valence-corrected chi connectivity index (χ0v) is 9.99. The number of aromatic nitrogens is 1. The Morgan fingerprint density at radius 3 is 3.00 bits per heavy atom. The van der Waals surface area contributed by atoms with Gasteiger partial charge in [0.25, 0.3) is 5.91 Å². The Kier molecular flexibility index (Phi) is 1.87. The highest BCUT2D eigenvalue weighted by Crippen LogP contribution is 2.51. The first-order chi connectivity index (χ1) is 9.22. The van der Waals surface area contributed by atoms with Gasteiger partial charge >= 0.3 is 0 Å². The largest absolute Gasteiger partial charge is 0.348 e. The Labute approximate surface area is 108 Å². The second-order valence-corrected chi connectivity index (χ2v) is 4.79. The maximum Gasteiger partial charge on any atom is 0.257 e. The minimum atomic E-state index is -0.193. The molecule has 2 N–H and O–H groups in total. The summed E-state index contributed by atoms with van der Waals surface area (Å²) in [5, 5.41) is 2.71. The van der Waals surface area contributed by atoms with E-state index in [0.717, 1.165) is 12.0 Å². The zero-order chi connectivity index (χ0) is 13.0. The molecule has 1 aromatic rings. The lowest BCUT2D eigenvalue weighted by atomic mass is 10.1. The Morgan fingerprint density at radius 1 is 1.26 bits per heavy atom. The van der Waals surface area contributed by atoms with Gasteiger partial charge < -0.3 is 10.3 Å². The lowest BCUT2D eigenvalue weighted by molar-refractivity contribution is -0.112. The second kappa shape index (κ2) is 3.45. The normalized spacial score (nSPS) is 18.4. The number of amides is 1. The molecule has 1 saturated carbocycles. The maximum absolute atomic E-state index is 12.2. The minimum absolute atomic E-state index is 0.138. The average Bonchev–Trinajstić information content (AvgIpc) is 2.86. The zero-order valence-electron chi connectivity index (χ0n) is 9.99. The molecule has 4 nitrogen and oxygen atoms in total. The number of anilines is 1. The summed E-state index contributed by atoms with van der Waals surface area (Å²) in [6.45, 7) is 0. The van der Waals surface area contributed by atoms with Gasteiger partial charge in [0.2, 0.25) is 0 Å². The molecule has 0 radical (unpaired) electrons. The number of aromatic amines is 1. The van der Waals surface area contributed by atoms with Crippen molar-refractivity contribution in [3.8, 4) is 0 Å². The van der Waals surface area contributed by atoms with Crippen LogP contribution in [0.2, 0.25) is 0 Å². The minimum Gasteiger partial charge on any atom is -0.348 e. The first-order valence-corrected chi connectivity index (χ1v) is 6.09. The summed E-state index contributed by atoms with van der Waals surface area (Å²) in [4.78, 5) is 26.2. The van der Waals surface area contributed by atoms with Crippen LogP contribution in [0.1, 0.15) is 6.42 Å². The van der Waals surface area contributed by atoms with Crippen molar-refractivity contribution < 1.29 is 4.79 Å². The Hall–Kier alpha value is -2.62. The number of fused-ring (bicyclic) bond motifs is 2. The molecule has 0 saturated heterocycles. The molecule has 1 aromatic heterocycles. The molecule has 0 spiro atoms. The van der Waals surface area contributed by atoms with Crippen LogP contribution in [0, 0.1) is 0 Å². The van der Waals surface area contributed by atoms with Crippen LogP contribution in [0.5, 0.6) is 0 Å². The van der Waals surface area contributed by atoms with Crippen molar-refractivity contribution in [1.29, 1.82) is 0 Å². The van der Waals surface area contributed by atoms with E-state index in [9.17, 15) is 9.59 Å². The van der Waals surface area contributed by atoms with Crippen molar-refractivity contribution in [3.05, 3.63) is 74.6 Å². The summed E-state index contributed by atoms with van der Waals surface area (Å²) in [5.41, 5.74) is 5.41. The Bertz CT molecular complexity index is 803. The van der Waals surface area contributed by atoms with Gasteiger partial charge in [-0.05, 0) is 40.9 Å². The van der Waals surface area contributed by atoms with E-state index >= 15 is 0 Å². The first-order valence-electron chi connectivity index (χ1n) is 6.09. The third-order valence-corrected chi connectivity index (χ3v) is 3.54. The van der Waals surface area contributed by atoms with Gasteiger partial charge in [0.1, 0.15) is 5.82 Å². The number of carbonyl (C=O) groups is 1. The van der Waals surface area contributed by atoms with Gasteiger partial charge in [-0.25, -0.2) is 0 Å². The number of rotatable bonds is 2. The van der Waals surface area contributed by atoms with Gasteiger partial charge in [-0.3, -0.25) is 9.59 Å². The van der Waals surface area contributed by atoms with E-state index in [1.54, 1.807) is 0 Å². The first kappa shape index (κ1) is 10.3. The number of pyridine rings is 1. The predicted octanol–water partition coefficient (Wildman–Crippen LogP) is 1.82. The van der Waals surface area contributed by atoms with E-state index in [1.165, 1.54) is 35.0 Å². The van der Waals surface area contributed by atoms with Crippen molar-refractivity contribution in [2.24, 2.45) is 0 Å². The summed E-state index contributed by atoms with van der Waals surface area (Å²) >= 11 is 0.